The van der Waals surface area contributed by atoms with Crippen LogP contribution in [0.4, 0.5) is 0 Å². The lowest BCUT2D eigenvalue weighted by Crippen LogP contribution is -2.30. The van der Waals surface area contributed by atoms with Crippen molar-refractivity contribution < 1.29 is 9.53 Å². The van der Waals surface area contributed by atoms with E-state index in [1.165, 1.54) is 0 Å². The molecule has 0 spiro atoms. The molecule has 0 N–H and O–H groups in total. The van der Waals surface area contributed by atoms with Gasteiger partial charge in [-0.1, -0.05) is 6.92 Å². The molecule has 1 rings (SSSR count). The van der Waals surface area contributed by atoms with Crippen molar-refractivity contribution in [2.24, 2.45) is 5.92 Å². The van der Waals surface area contributed by atoms with Gasteiger partial charge in [0, 0.05) is 12.3 Å². The van der Waals surface area contributed by atoms with Crippen LogP contribution in [0.25, 0.3) is 0 Å². The van der Waals surface area contributed by atoms with Gasteiger partial charge >= 0.3 is 0 Å². The summed E-state index contributed by atoms with van der Waals surface area (Å²) in [5.74, 6) is 0.468. The van der Waals surface area contributed by atoms with Crippen LogP contribution in [-0.4, -0.2) is 18.5 Å². The maximum atomic E-state index is 10.9. The van der Waals surface area contributed by atoms with Gasteiger partial charge in [-0.2, -0.15) is 0 Å². The molecule has 0 saturated carbocycles. The predicted molar refractivity (Wildman–Crippen MR) is 34.2 cm³/mol. The Morgan fingerprint density at radius 2 is 2.22 bits per heavy atom. The Morgan fingerprint density at radius 3 is 2.67 bits per heavy atom. The minimum absolute atomic E-state index is 0.126. The summed E-state index contributed by atoms with van der Waals surface area (Å²) < 4.78 is 5.24. The second-order valence-corrected chi connectivity index (χ2v) is 2.72. The molecular weight excluding hydrogens is 116 g/mol. The summed E-state index contributed by atoms with van der Waals surface area (Å²) in [4.78, 5) is 10.9. The van der Waals surface area contributed by atoms with E-state index >= 15 is 0 Å². The van der Waals surface area contributed by atoms with Gasteiger partial charge in [0.05, 0.1) is 12.7 Å². The second kappa shape index (κ2) is 2.48. The average Bonchev–Trinajstić information content (AvgIpc) is 1.80. The van der Waals surface area contributed by atoms with E-state index in [0.717, 1.165) is 0 Å². The number of carbonyl (C=O) groups is 1. The smallest absolute Gasteiger partial charge is 0.140 e. The van der Waals surface area contributed by atoms with Gasteiger partial charge in [0.1, 0.15) is 5.78 Å². The first-order valence-electron chi connectivity index (χ1n) is 3.34. The lowest BCUT2D eigenvalue weighted by atomic mass is 10.00. The Hall–Kier alpha value is -0.370. The lowest BCUT2D eigenvalue weighted by Gasteiger charge is -2.22. The van der Waals surface area contributed by atoms with Crippen LogP contribution < -0.4 is 0 Å². The number of ether oxygens (including phenoxy) is 1. The van der Waals surface area contributed by atoms with Crippen molar-refractivity contribution in [1.82, 2.24) is 0 Å². The molecule has 2 atom stereocenters. The Balaban J connectivity index is 2.44. The largest absolute Gasteiger partial charge is 0.377 e. The van der Waals surface area contributed by atoms with Crippen LogP contribution in [0.2, 0.25) is 0 Å². The van der Waals surface area contributed by atoms with Gasteiger partial charge in [0.15, 0.2) is 0 Å². The molecule has 0 amide bonds. The van der Waals surface area contributed by atoms with Crippen molar-refractivity contribution in [3.8, 4) is 0 Å². The first-order valence-corrected chi connectivity index (χ1v) is 3.34. The molecule has 9 heavy (non-hydrogen) atoms. The number of hydrogen-bond donors (Lipinski definition) is 0. The number of Topliss-reactive ketones (excluding diaryl/α,β-unsaturated/α-hetero) is 1. The van der Waals surface area contributed by atoms with Gasteiger partial charge in [0.2, 0.25) is 0 Å². The van der Waals surface area contributed by atoms with Gasteiger partial charge in [-0.05, 0) is 6.92 Å². The Morgan fingerprint density at radius 1 is 1.56 bits per heavy atom. The maximum Gasteiger partial charge on any atom is 0.140 e. The number of rotatable bonds is 0. The summed E-state index contributed by atoms with van der Waals surface area (Å²) in [5.41, 5.74) is 0. The molecule has 52 valence electrons. The highest BCUT2D eigenvalue weighted by molar-refractivity contribution is 5.81. The van der Waals surface area contributed by atoms with Crippen LogP contribution in [0.3, 0.4) is 0 Å². The summed E-state index contributed by atoms with van der Waals surface area (Å²) in [6.07, 6.45) is 0.745. The third-order valence-corrected chi connectivity index (χ3v) is 1.67. The van der Waals surface area contributed by atoms with Crippen molar-refractivity contribution in [2.75, 3.05) is 6.61 Å². The van der Waals surface area contributed by atoms with Crippen LogP contribution in [0.1, 0.15) is 20.3 Å². The average molecular weight is 128 g/mol. The van der Waals surface area contributed by atoms with Gasteiger partial charge in [0.25, 0.3) is 0 Å². The standard InChI is InChI=1S/C7H12O2/c1-5-4-9-6(2)3-7(5)8/h5-6H,3-4H2,1-2H3/t5-,6+/m0/s1. The van der Waals surface area contributed by atoms with E-state index in [2.05, 4.69) is 0 Å². The number of hydrogen-bond acceptors (Lipinski definition) is 2. The van der Waals surface area contributed by atoms with E-state index < -0.39 is 0 Å². The molecule has 0 unspecified atom stereocenters. The molecule has 0 aromatic rings. The Labute approximate surface area is 55.2 Å². The molecule has 1 heterocycles. The van der Waals surface area contributed by atoms with Crippen LogP contribution >= 0.6 is 0 Å². The second-order valence-electron chi connectivity index (χ2n) is 2.72. The Kier molecular flexibility index (Phi) is 1.86. The van der Waals surface area contributed by atoms with Gasteiger partial charge < -0.3 is 4.74 Å². The fourth-order valence-corrected chi connectivity index (χ4v) is 0.945. The molecule has 0 aliphatic carbocycles. The fourth-order valence-electron chi connectivity index (χ4n) is 0.945. The van der Waals surface area contributed by atoms with Crippen LogP contribution in [0.15, 0.2) is 0 Å². The molecule has 0 bridgehead atoms. The summed E-state index contributed by atoms with van der Waals surface area (Å²) in [6.45, 7) is 4.46. The van der Waals surface area contributed by atoms with Gasteiger partial charge in [-0.25, -0.2) is 0 Å². The van der Waals surface area contributed by atoms with Crippen LogP contribution in [0.5, 0.6) is 0 Å². The highest BCUT2D eigenvalue weighted by atomic mass is 16.5. The third-order valence-electron chi connectivity index (χ3n) is 1.67. The van der Waals surface area contributed by atoms with Crippen LogP contribution in [0, 0.1) is 5.92 Å². The quantitative estimate of drug-likeness (QED) is 0.486. The molecule has 1 fully saturated rings. The number of ketones is 1. The minimum atomic E-state index is 0.126. The van der Waals surface area contributed by atoms with E-state index in [9.17, 15) is 4.79 Å². The Bertz CT molecular complexity index is 120. The predicted octanol–water partition coefficient (Wildman–Crippen LogP) is 1.00. The van der Waals surface area contributed by atoms with Crippen molar-refractivity contribution in [3.63, 3.8) is 0 Å². The zero-order chi connectivity index (χ0) is 6.85. The van der Waals surface area contributed by atoms with E-state index in [1.54, 1.807) is 0 Å². The summed E-state index contributed by atoms with van der Waals surface area (Å²) >= 11 is 0. The lowest BCUT2D eigenvalue weighted by molar-refractivity contribution is -0.133. The zero-order valence-electron chi connectivity index (χ0n) is 5.89. The minimum Gasteiger partial charge on any atom is -0.377 e. The van der Waals surface area contributed by atoms with Crippen molar-refractivity contribution >= 4 is 5.78 Å². The molecule has 2 nitrogen and oxygen atoms in total. The number of carbonyl (C=O) groups excluding carboxylic acids is 1. The molecule has 0 aromatic heterocycles. The highest BCUT2D eigenvalue weighted by Gasteiger charge is 2.22. The highest BCUT2D eigenvalue weighted by Crippen LogP contribution is 2.13. The van der Waals surface area contributed by atoms with E-state index in [4.69, 9.17) is 4.74 Å². The molecule has 1 saturated heterocycles. The molecule has 1 aliphatic heterocycles. The van der Waals surface area contributed by atoms with E-state index in [0.29, 0.717) is 18.8 Å². The van der Waals surface area contributed by atoms with Crippen LogP contribution in [-0.2, 0) is 9.53 Å². The molecular formula is C7H12O2. The molecule has 1 aliphatic rings. The normalized spacial score (nSPS) is 36.9. The summed E-state index contributed by atoms with van der Waals surface area (Å²) in [6, 6.07) is 0. The van der Waals surface area contributed by atoms with E-state index in [-0.39, 0.29) is 12.0 Å². The van der Waals surface area contributed by atoms with Crippen molar-refractivity contribution in [1.29, 1.82) is 0 Å². The van der Waals surface area contributed by atoms with Crippen molar-refractivity contribution in [2.45, 2.75) is 26.4 Å². The SMILES string of the molecule is C[C@@H]1CC(=O)[C@@H](C)CO1. The van der Waals surface area contributed by atoms with E-state index in [1.807, 2.05) is 13.8 Å². The van der Waals surface area contributed by atoms with Crippen molar-refractivity contribution in [3.05, 3.63) is 0 Å². The summed E-state index contributed by atoms with van der Waals surface area (Å²) in [7, 11) is 0. The topological polar surface area (TPSA) is 26.3 Å². The first-order chi connectivity index (χ1) is 4.20. The fraction of sp³-hybridized carbons (Fsp3) is 0.857. The maximum absolute atomic E-state index is 10.9. The zero-order valence-corrected chi connectivity index (χ0v) is 5.89. The van der Waals surface area contributed by atoms with Gasteiger partial charge in [-0.3, -0.25) is 4.79 Å². The first kappa shape index (κ1) is 6.75. The third kappa shape index (κ3) is 1.52. The molecule has 2 heteroatoms. The summed E-state index contributed by atoms with van der Waals surface area (Å²) in [5, 5.41) is 0. The molecule has 0 aromatic carbocycles. The monoisotopic (exact) mass is 128 g/mol. The van der Waals surface area contributed by atoms with Gasteiger partial charge in [-0.15, -0.1) is 0 Å². The molecule has 0 radical (unpaired) electrons.